The Morgan fingerprint density at radius 1 is 1.67 bits per heavy atom. The number of hydrogen-bond acceptors (Lipinski definition) is 4. The third-order valence-corrected chi connectivity index (χ3v) is 1.64. The number of esters is 1. The average Bonchev–Trinajstić information content (AvgIpc) is 2.19. The Morgan fingerprint density at radius 2 is 2.33 bits per heavy atom. The summed E-state index contributed by atoms with van der Waals surface area (Å²) < 4.78 is 4.77. The summed E-state index contributed by atoms with van der Waals surface area (Å²) in [6.07, 6.45) is 3.05. The maximum Gasteiger partial charge on any atom is 0.309 e. The molecule has 0 aliphatic heterocycles. The van der Waals surface area contributed by atoms with E-state index in [4.69, 9.17) is 10.00 Å². The minimum atomic E-state index is -0.331. The fraction of sp³-hybridized carbons (Fsp3) is 0.364. The van der Waals surface area contributed by atoms with Crippen molar-refractivity contribution in [3.05, 3.63) is 23.4 Å². The molecule has 0 saturated heterocycles. The van der Waals surface area contributed by atoms with Crippen molar-refractivity contribution in [3.63, 3.8) is 0 Å². The highest BCUT2D eigenvalue weighted by Crippen LogP contribution is 2.10. The molecule has 0 heterocycles. The Labute approximate surface area is 89.6 Å². The van der Waals surface area contributed by atoms with Gasteiger partial charge in [-0.1, -0.05) is 0 Å². The molecule has 0 N–H and O–H groups in total. The van der Waals surface area contributed by atoms with Crippen LogP contribution < -0.4 is 0 Å². The van der Waals surface area contributed by atoms with Crippen molar-refractivity contribution in [3.8, 4) is 6.07 Å². The van der Waals surface area contributed by atoms with Gasteiger partial charge in [-0.05, 0) is 32.2 Å². The highest BCUT2D eigenvalue weighted by molar-refractivity contribution is 5.73. The highest BCUT2D eigenvalue weighted by atomic mass is 16.5. The molecule has 0 bridgehead atoms. The normalized spacial score (nSPS) is 11.8. The molecule has 0 aliphatic rings. The summed E-state index contributed by atoms with van der Waals surface area (Å²) in [4.78, 5) is 14.6. The zero-order valence-electron chi connectivity index (χ0n) is 8.99. The van der Waals surface area contributed by atoms with Crippen LogP contribution in [0.2, 0.25) is 0 Å². The lowest BCUT2D eigenvalue weighted by Crippen LogP contribution is -2.04. The minimum Gasteiger partial charge on any atom is -0.466 e. The molecule has 15 heavy (non-hydrogen) atoms. The first-order valence-electron chi connectivity index (χ1n) is 4.53. The van der Waals surface area contributed by atoms with Gasteiger partial charge in [0.1, 0.15) is 0 Å². The highest BCUT2D eigenvalue weighted by Gasteiger charge is 2.06. The van der Waals surface area contributed by atoms with Crippen molar-refractivity contribution < 1.29 is 9.53 Å². The van der Waals surface area contributed by atoms with Crippen molar-refractivity contribution in [2.75, 3.05) is 6.61 Å². The van der Waals surface area contributed by atoms with Crippen molar-refractivity contribution in [1.29, 1.82) is 5.26 Å². The van der Waals surface area contributed by atoms with Gasteiger partial charge in [0, 0.05) is 6.20 Å². The van der Waals surface area contributed by atoms with E-state index < -0.39 is 0 Å². The van der Waals surface area contributed by atoms with Crippen molar-refractivity contribution in [2.45, 2.75) is 20.3 Å². The number of aliphatic imine (C=N–C) groups is 1. The predicted octanol–water partition coefficient (Wildman–Crippen LogP) is 1.99. The second-order valence-corrected chi connectivity index (χ2v) is 2.79. The summed E-state index contributed by atoms with van der Waals surface area (Å²) in [5, 5.41) is 8.79. The number of carbonyl (C=O) groups is 1. The third kappa shape index (κ3) is 5.42. The Hall–Kier alpha value is -1.89. The van der Waals surface area contributed by atoms with E-state index in [1.165, 1.54) is 12.3 Å². The molecule has 0 aromatic heterocycles. The molecule has 4 heteroatoms. The van der Waals surface area contributed by atoms with Gasteiger partial charge in [-0.2, -0.15) is 5.26 Å². The minimum absolute atomic E-state index is 0.123. The first-order valence-corrected chi connectivity index (χ1v) is 4.53. The van der Waals surface area contributed by atoms with Gasteiger partial charge in [0.2, 0.25) is 0 Å². The van der Waals surface area contributed by atoms with Gasteiger partial charge >= 0.3 is 5.97 Å². The van der Waals surface area contributed by atoms with Gasteiger partial charge < -0.3 is 4.74 Å². The topological polar surface area (TPSA) is 62.5 Å². The number of allylic oxidation sites excluding steroid dienone is 2. The molecule has 0 aromatic rings. The van der Waals surface area contributed by atoms with E-state index in [9.17, 15) is 4.79 Å². The molecular weight excluding hydrogens is 192 g/mol. The van der Waals surface area contributed by atoms with Crippen LogP contribution in [0.5, 0.6) is 0 Å². The number of carbonyl (C=O) groups excluding carboxylic acids is 1. The fourth-order valence-corrected chi connectivity index (χ4v) is 0.926. The standard InChI is InChI=1S/C11H14N2O2/c1-4-15-11(14)7-9(2)10(8-12)5-6-13-3/h5-6H,3-4,7H2,1-2H3/b6-5-,10-9-. The molecule has 0 radical (unpaired) electrons. The lowest BCUT2D eigenvalue weighted by Gasteiger charge is -2.02. The van der Waals surface area contributed by atoms with Crippen LogP contribution in [0.4, 0.5) is 0 Å². The quantitative estimate of drug-likeness (QED) is 0.299. The molecule has 0 rings (SSSR count). The van der Waals surface area contributed by atoms with Gasteiger partial charge in [0.05, 0.1) is 24.7 Å². The van der Waals surface area contributed by atoms with E-state index in [0.29, 0.717) is 17.8 Å². The lowest BCUT2D eigenvalue weighted by atomic mass is 10.1. The van der Waals surface area contributed by atoms with Crippen LogP contribution in [-0.4, -0.2) is 19.3 Å². The summed E-state index contributed by atoms with van der Waals surface area (Å²) in [5.74, 6) is -0.331. The largest absolute Gasteiger partial charge is 0.466 e. The Morgan fingerprint density at radius 3 is 2.80 bits per heavy atom. The van der Waals surface area contributed by atoms with Crippen molar-refractivity contribution in [2.24, 2.45) is 4.99 Å². The monoisotopic (exact) mass is 206 g/mol. The maximum atomic E-state index is 11.1. The van der Waals surface area contributed by atoms with Gasteiger partial charge in [0.25, 0.3) is 0 Å². The van der Waals surface area contributed by atoms with E-state index in [0.717, 1.165) is 0 Å². The number of rotatable bonds is 5. The maximum absolute atomic E-state index is 11.1. The summed E-state index contributed by atoms with van der Waals surface area (Å²) in [7, 11) is 0. The number of ether oxygens (including phenoxy) is 1. The molecule has 0 spiro atoms. The molecule has 0 aliphatic carbocycles. The van der Waals surface area contributed by atoms with E-state index in [1.807, 2.05) is 6.07 Å². The summed E-state index contributed by atoms with van der Waals surface area (Å²) >= 11 is 0. The lowest BCUT2D eigenvalue weighted by molar-refractivity contribution is -0.142. The molecule has 0 fully saturated rings. The van der Waals surface area contributed by atoms with Crippen LogP contribution >= 0.6 is 0 Å². The molecule has 4 nitrogen and oxygen atoms in total. The van der Waals surface area contributed by atoms with E-state index in [-0.39, 0.29) is 12.4 Å². The van der Waals surface area contributed by atoms with Gasteiger partial charge in [-0.15, -0.1) is 0 Å². The van der Waals surface area contributed by atoms with Crippen LogP contribution in [0.3, 0.4) is 0 Å². The smallest absolute Gasteiger partial charge is 0.309 e. The number of hydrogen-bond donors (Lipinski definition) is 0. The molecule has 80 valence electrons. The van der Waals surface area contributed by atoms with E-state index >= 15 is 0 Å². The Balaban J connectivity index is 4.60. The summed E-state index contributed by atoms with van der Waals surface area (Å²) in [5.41, 5.74) is 1.08. The SMILES string of the molecule is C=N/C=C\C(C#N)=C(/C)CC(=O)OCC. The predicted molar refractivity (Wildman–Crippen MR) is 58.3 cm³/mol. The average molecular weight is 206 g/mol. The van der Waals surface area contributed by atoms with Gasteiger partial charge in [-0.25, -0.2) is 0 Å². The Kier molecular flexibility index (Phi) is 6.56. The van der Waals surface area contributed by atoms with Crippen LogP contribution in [0.25, 0.3) is 0 Å². The molecular formula is C11H14N2O2. The summed E-state index contributed by atoms with van der Waals surface area (Å²) in [6, 6.07) is 1.98. The van der Waals surface area contributed by atoms with E-state index in [1.54, 1.807) is 13.8 Å². The van der Waals surface area contributed by atoms with Crippen LogP contribution in [0.1, 0.15) is 20.3 Å². The molecule has 0 unspecified atom stereocenters. The zero-order chi connectivity index (χ0) is 11.7. The Bertz CT molecular complexity index is 335. The molecule has 0 atom stereocenters. The second-order valence-electron chi connectivity index (χ2n) is 2.79. The van der Waals surface area contributed by atoms with Gasteiger partial charge in [-0.3, -0.25) is 9.79 Å². The van der Waals surface area contributed by atoms with E-state index in [2.05, 4.69) is 11.7 Å². The zero-order valence-corrected chi connectivity index (χ0v) is 8.99. The first kappa shape index (κ1) is 13.1. The van der Waals surface area contributed by atoms with Crippen LogP contribution in [0.15, 0.2) is 28.4 Å². The van der Waals surface area contributed by atoms with Gasteiger partial charge in [0.15, 0.2) is 0 Å². The second kappa shape index (κ2) is 7.51. The molecule has 0 aromatic carbocycles. The third-order valence-electron chi connectivity index (χ3n) is 1.64. The number of nitriles is 1. The number of nitrogens with zero attached hydrogens (tertiary/aromatic N) is 2. The molecule has 0 amide bonds. The van der Waals surface area contributed by atoms with Crippen molar-refractivity contribution in [1.82, 2.24) is 0 Å². The van der Waals surface area contributed by atoms with Crippen LogP contribution in [-0.2, 0) is 9.53 Å². The fourth-order valence-electron chi connectivity index (χ4n) is 0.926. The van der Waals surface area contributed by atoms with Crippen molar-refractivity contribution >= 4 is 12.7 Å². The molecule has 0 saturated carbocycles. The van der Waals surface area contributed by atoms with Crippen LogP contribution in [0, 0.1) is 11.3 Å². The summed E-state index contributed by atoms with van der Waals surface area (Å²) in [6.45, 7) is 7.05. The first-order chi connectivity index (χ1) is 7.15.